The molecule has 0 bridgehead atoms. The molecule has 0 saturated carbocycles. The number of rotatable bonds is 4. The maximum atomic E-state index is 13.6. The van der Waals surface area contributed by atoms with E-state index in [-0.39, 0.29) is 4.90 Å². The molecule has 2 aromatic rings. The number of hydrogen-bond acceptors (Lipinski definition) is 3. The predicted molar refractivity (Wildman–Crippen MR) is 95.4 cm³/mol. The molecule has 1 unspecified atom stereocenters. The number of nitrogens with zero attached hydrogens (tertiary/aromatic N) is 1. The van der Waals surface area contributed by atoms with Crippen molar-refractivity contribution in [1.82, 2.24) is 4.90 Å². The molecule has 0 radical (unpaired) electrons. The summed E-state index contributed by atoms with van der Waals surface area (Å²) >= 11 is 3.32. The molecule has 128 valence electrons. The third-order valence-corrected chi connectivity index (χ3v) is 6.63. The second-order valence-electron chi connectivity index (χ2n) is 6.04. The van der Waals surface area contributed by atoms with Crippen LogP contribution in [0.25, 0.3) is 0 Å². The minimum atomic E-state index is -3.59. The Bertz CT molecular complexity index is 808. The molecule has 1 aliphatic rings. The number of hydrogen-bond donors (Lipinski definition) is 0. The van der Waals surface area contributed by atoms with Crippen molar-refractivity contribution < 1.29 is 12.8 Å². The van der Waals surface area contributed by atoms with Gasteiger partial charge in [0.25, 0.3) is 0 Å². The Kier molecular flexibility index (Phi) is 5.37. The summed E-state index contributed by atoms with van der Waals surface area (Å²) in [5, 5.41) is 0. The lowest BCUT2D eigenvalue weighted by molar-refractivity contribution is 0.132. The van der Waals surface area contributed by atoms with Crippen molar-refractivity contribution in [2.24, 2.45) is 0 Å². The van der Waals surface area contributed by atoms with Gasteiger partial charge in [0.15, 0.2) is 0 Å². The van der Waals surface area contributed by atoms with Gasteiger partial charge in [0.05, 0.1) is 9.79 Å². The molecule has 24 heavy (non-hydrogen) atoms. The summed E-state index contributed by atoms with van der Waals surface area (Å²) in [4.78, 5) is 2.55. The van der Waals surface area contributed by atoms with Crippen molar-refractivity contribution >= 4 is 25.8 Å². The van der Waals surface area contributed by atoms with Crippen LogP contribution in [0.4, 0.5) is 4.39 Å². The van der Waals surface area contributed by atoms with Crippen LogP contribution in [0.1, 0.15) is 18.4 Å². The minimum absolute atomic E-state index is 0.264. The van der Waals surface area contributed by atoms with E-state index < -0.39 is 16.0 Å². The molecule has 0 spiro atoms. The lowest BCUT2D eigenvalue weighted by atomic mass is 10.1. The third-order valence-electron chi connectivity index (χ3n) is 4.23. The largest absolute Gasteiger partial charge is 0.296 e. The quantitative estimate of drug-likeness (QED) is 0.755. The van der Waals surface area contributed by atoms with E-state index in [9.17, 15) is 12.8 Å². The maximum absolute atomic E-state index is 13.6. The first-order chi connectivity index (χ1) is 11.5. The van der Waals surface area contributed by atoms with Gasteiger partial charge < -0.3 is 0 Å². The Morgan fingerprint density at radius 2 is 1.83 bits per heavy atom. The van der Waals surface area contributed by atoms with Crippen LogP contribution in [-0.2, 0) is 16.4 Å². The molecule has 6 heteroatoms. The second kappa shape index (κ2) is 7.33. The van der Waals surface area contributed by atoms with Gasteiger partial charge in [-0.1, -0.05) is 34.1 Å². The summed E-state index contributed by atoms with van der Waals surface area (Å²) in [6, 6.07) is 13.6. The molecule has 1 saturated heterocycles. The minimum Gasteiger partial charge on any atom is -0.296 e. The van der Waals surface area contributed by atoms with Gasteiger partial charge in [-0.3, -0.25) is 4.90 Å². The number of sulfone groups is 1. The summed E-state index contributed by atoms with van der Waals surface area (Å²) in [6.07, 6.45) is 0.576. The van der Waals surface area contributed by atoms with Gasteiger partial charge in [-0.2, -0.15) is 0 Å². The summed E-state index contributed by atoms with van der Waals surface area (Å²) < 4.78 is 40.4. The van der Waals surface area contributed by atoms with Crippen molar-refractivity contribution in [2.45, 2.75) is 35.3 Å². The lowest BCUT2D eigenvalue weighted by Crippen LogP contribution is -2.36. The van der Waals surface area contributed by atoms with E-state index in [1.807, 2.05) is 17.0 Å². The van der Waals surface area contributed by atoms with Crippen LogP contribution < -0.4 is 0 Å². The third kappa shape index (κ3) is 3.87. The molecule has 3 nitrogen and oxygen atoms in total. The molecular formula is C18H19BrFNO2S. The van der Waals surface area contributed by atoms with E-state index in [2.05, 4.69) is 15.9 Å². The number of likely N-dealkylation sites (tertiary alicyclic amines) is 1. The lowest BCUT2D eigenvalue weighted by Gasteiger charge is -2.29. The van der Waals surface area contributed by atoms with E-state index in [0.717, 1.165) is 23.0 Å². The van der Waals surface area contributed by atoms with E-state index in [0.29, 0.717) is 24.4 Å². The van der Waals surface area contributed by atoms with Gasteiger partial charge in [0, 0.05) is 17.6 Å². The Labute approximate surface area is 150 Å². The van der Waals surface area contributed by atoms with Gasteiger partial charge in [-0.05, 0) is 55.3 Å². The summed E-state index contributed by atoms with van der Waals surface area (Å²) in [7, 11) is -3.59. The monoisotopic (exact) mass is 411 g/mol. The summed E-state index contributed by atoms with van der Waals surface area (Å²) in [5.41, 5.74) is 0.717. The molecule has 1 heterocycles. The van der Waals surface area contributed by atoms with Crippen LogP contribution in [0.2, 0.25) is 0 Å². The Hall–Kier alpha value is -1.24. The zero-order valence-electron chi connectivity index (χ0n) is 13.2. The molecule has 1 aliphatic heterocycles. The smallest absolute Gasteiger partial charge is 0.206 e. The topological polar surface area (TPSA) is 37.4 Å². The van der Waals surface area contributed by atoms with Gasteiger partial charge >= 0.3 is 0 Å². The summed E-state index contributed by atoms with van der Waals surface area (Å²) in [5.74, 6) is 0. The first-order valence-electron chi connectivity index (χ1n) is 7.92. The number of piperidine rings is 1. The number of alkyl halides is 1. The van der Waals surface area contributed by atoms with E-state index in [1.54, 1.807) is 36.4 Å². The molecule has 3 rings (SSSR count). The highest BCUT2D eigenvalue weighted by Gasteiger charge is 2.24. The Morgan fingerprint density at radius 3 is 2.54 bits per heavy atom. The standard InChI is InChI=1S/C18H19BrFNO2S/c19-15-7-9-17(10-8-15)24(22,23)18-6-2-1-4-14(18)12-21-11-3-5-16(20)13-21/h1-2,4,6-10,16H,3,5,11-13H2. The molecule has 0 amide bonds. The van der Waals surface area contributed by atoms with Crippen molar-refractivity contribution in [3.05, 3.63) is 58.6 Å². The van der Waals surface area contributed by atoms with Crippen LogP contribution in [-0.4, -0.2) is 32.6 Å². The second-order valence-corrected chi connectivity index (χ2v) is 8.87. The van der Waals surface area contributed by atoms with Crippen LogP contribution in [0.15, 0.2) is 62.8 Å². The molecule has 1 atom stereocenters. The predicted octanol–water partition coefficient (Wildman–Crippen LogP) is 4.22. The van der Waals surface area contributed by atoms with Gasteiger partial charge in [0.1, 0.15) is 6.17 Å². The first-order valence-corrected chi connectivity index (χ1v) is 10.2. The van der Waals surface area contributed by atoms with Crippen LogP contribution >= 0.6 is 15.9 Å². The number of halogens is 2. The summed E-state index contributed by atoms with van der Waals surface area (Å²) in [6.45, 7) is 1.62. The fraction of sp³-hybridized carbons (Fsp3) is 0.333. The molecular weight excluding hydrogens is 393 g/mol. The molecule has 2 aromatic carbocycles. The average Bonchev–Trinajstić information content (AvgIpc) is 2.56. The Morgan fingerprint density at radius 1 is 1.12 bits per heavy atom. The van der Waals surface area contributed by atoms with Gasteiger partial charge in [0.2, 0.25) is 9.84 Å². The fourth-order valence-electron chi connectivity index (χ4n) is 3.02. The normalized spacial score (nSPS) is 19.3. The maximum Gasteiger partial charge on any atom is 0.206 e. The average molecular weight is 412 g/mol. The number of benzene rings is 2. The van der Waals surface area contributed by atoms with Crippen LogP contribution in [0.5, 0.6) is 0 Å². The molecule has 0 aliphatic carbocycles. The molecule has 0 N–H and O–H groups in total. The zero-order chi connectivity index (χ0) is 17.2. The van der Waals surface area contributed by atoms with E-state index >= 15 is 0 Å². The molecule has 1 fully saturated rings. The van der Waals surface area contributed by atoms with E-state index in [4.69, 9.17) is 0 Å². The van der Waals surface area contributed by atoms with Crippen LogP contribution in [0.3, 0.4) is 0 Å². The zero-order valence-corrected chi connectivity index (χ0v) is 15.6. The highest BCUT2D eigenvalue weighted by atomic mass is 79.9. The van der Waals surface area contributed by atoms with Crippen LogP contribution in [0, 0.1) is 0 Å². The van der Waals surface area contributed by atoms with Crippen molar-refractivity contribution in [2.75, 3.05) is 13.1 Å². The van der Waals surface area contributed by atoms with Crippen molar-refractivity contribution in [3.63, 3.8) is 0 Å². The van der Waals surface area contributed by atoms with Crippen molar-refractivity contribution in [3.8, 4) is 0 Å². The SMILES string of the molecule is O=S(=O)(c1ccc(Br)cc1)c1ccccc1CN1CCCC(F)C1. The van der Waals surface area contributed by atoms with Gasteiger partial charge in [-0.25, -0.2) is 12.8 Å². The Balaban J connectivity index is 1.92. The fourth-order valence-corrected chi connectivity index (χ4v) is 4.77. The highest BCUT2D eigenvalue weighted by molar-refractivity contribution is 9.10. The van der Waals surface area contributed by atoms with Gasteiger partial charge in [-0.15, -0.1) is 0 Å². The van der Waals surface area contributed by atoms with E-state index in [1.165, 1.54) is 0 Å². The highest BCUT2D eigenvalue weighted by Crippen LogP contribution is 2.27. The molecule has 0 aromatic heterocycles. The van der Waals surface area contributed by atoms with Crippen molar-refractivity contribution in [1.29, 1.82) is 0 Å². The first kappa shape index (κ1) is 17.6.